The highest BCUT2D eigenvalue weighted by atomic mass is 35.5. The van der Waals surface area contributed by atoms with Crippen molar-refractivity contribution in [3.05, 3.63) is 93.5 Å². The molecular formula is C32H30ClFN4O4. The van der Waals surface area contributed by atoms with Crippen molar-refractivity contribution in [1.82, 2.24) is 14.5 Å². The second-order valence-corrected chi connectivity index (χ2v) is 11.2. The third-order valence-corrected chi connectivity index (χ3v) is 8.63. The van der Waals surface area contributed by atoms with Crippen LogP contribution in [0.4, 0.5) is 4.39 Å². The number of fused-ring (bicyclic) bond motifs is 1. The van der Waals surface area contributed by atoms with Crippen LogP contribution < -0.4 is 4.74 Å². The normalized spacial score (nSPS) is 17.6. The van der Waals surface area contributed by atoms with Crippen molar-refractivity contribution >= 4 is 28.5 Å². The number of piperidine rings is 1. The van der Waals surface area contributed by atoms with E-state index in [0.29, 0.717) is 29.6 Å². The standard InChI is InChI=1S/C32H30ClFN4O4/c33-31-25-7-6-22(32(39)40)15-28(25)38(17-24-10-13-41-24)29(31)18-37-11-8-21(9-12-37)27-2-1-3-30(36-27)42-19-23-5-4-20(16-35)14-26(23)34/h1-7,14-15,21,24H,8-13,17-19H2,(H,39,40)/t24-/m0/s1. The number of halogens is 2. The minimum Gasteiger partial charge on any atom is -0.478 e. The Labute approximate surface area is 247 Å². The molecule has 2 saturated heterocycles. The van der Waals surface area contributed by atoms with Gasteiger partial charge in [-0.3, -0.25) is 4.90 Å². The molecule has 2 aromatic heterocycles. The molecule has 10 heteroatoms. The van der Waals surface area contributed by atoms with Gasteiger partial charge in [-0.15, -0.1) is 0 Å². The summed E-state index contributed by atoms with van der Waals surface area (Å²) < 4.78 is 27.9. The lowest BCUT2D eigenvalue weighted by molar-refractivity contribution is -0.0591. The summed E-state index contributed by atoms with van der Waals surface area (Å²) in [5.74, 6) is -0.735. The number of carboxylic acid groups (broad SMARTS) is 1. The summed E-state index contributed by atoms with van der Waals surface area (Å²) in [6.45, 7) is 3.77. The molecule has 0 unspecified atom stereocenters. The number of nitriles is 1. The first kappa shape index (κ1) is 28.2. The molecule has 2 aliphatic rings. The van der Waals surface area contributed by atoms with Crippen molar-refractivity contribution in [2.24, 2.45) is 0 Å². The summed E-state index contributed by atoms with van der Waals surface area (Å²) in [5.41, 5.74) is 3.62. The third-order valence-electron chi connectivity index (χ3n) is 8.21. The molecule has 0 bridgehead atoms. The van der Waals surface area contributed by atoms with E-state index in [1.54, 1.807) is 36.4 Å². The van der Waals surface area contributed by atoms with Gasteiger partial charge in [-0.05, 0) is 62.7 Å². The largest absolute Gasteiger partial charge is 0.478 e. The minimum absolute atomic E-state index is 0.0288. The Hall–Kier alpha value is -3.97. The van der Waals surface area contributed by atoms with Gasteiger partial charge in [0.25, 0.3) is 0 Å². The quantitative estimate of drug-likeness (QED) is 0.250. The van der Waals surface area contributed by atoms with Crippen LogP contribution >= 0.6 is 11.6 Å². The first-order valence-electron chi connectivity index (χ1n) is 14.1. The highest BCUT2D eigenvalue weighted by Crippen LogP contribution is 2.35. The van der Waals surface area contributed by atoms with Crippen LogP contribution in [-0.4, -0.2) is 51.3 Å². The molecule has 42 heavy (non-hydrogen) atoms. The molecule has 2 fully saturated rings. The zero-order valence-electron chi connectivity index (χ0n) is 22.9. The van der Waals surface area contributed by atoms with Crippen molar-refractivity contribution in [2.45, 2.75) is 51.0 Å². The molecule has 0 radical (unpaired) electrons. The predicted molar refractivity (Wildman–Crippen MR) is 155 cm³/mol. The van der Waals surface area contributed by atoms with Gasteiger partial charge in [0.15, 0.2) is 0 Å². The van der Waals surface area contributed by atoms with E-state index in [-0.39, 0.29) is 29.8 Å². The predicted octanol–water partition coefficient (Wildman–Crippen LogP) is 6.15. The first-order chi connectivity index (χ1) is 20.4. The van der Waals surface area contributed by atoms with Gasteiger partial charge in [0.2, 0.25) is 5.88 Å². The van der Waals surface area contributed by atoms with Gasteiger partial charge in [-0.25, -0.2) is 14.2 Å². The van der Waals surface area contributed by atoms with Crippen LogP contribution in [0, 0.1) is 17.1 Å². The maximum absolute atomic E-state index is 14.3. The number of aromatic nitrogens is 2. The fourth-order valence-corrected chi connectivity index (χ4v) is 6.03. The van der Waals surface area contributed by atoms with E-state index in [0.717, 1.165) is 61.2 Å². The SMILES string of the molecule is N#Cc1ccc(COc2cccc(C3CCN(Cc4c(Cl)c5ccc(C(=O)O)cc5n4C[C@@H]4CCO4)CC3)n2)c(F)c1. The lowest BCUT2D eigenvalue weighted by atomic mass is 9.93. The molecule has 0 aliphatic carbocycles. The van der Waals surface area contributed by atoms with Gasteiger partial charge < -0.3 is 19.1 Å². The molecule has 4 aromatic rings. The van der Waals surface area contributed by atoms with Crippen molar-refractivity contribution in [1.29, 1.82) is 5.26 Å². The summed E-state index contributed by atoms with van der Waals surface area (Å²) in [5, 5.41) is 20.0. The zero-order valence-corrected chi connectivity index (χ0v) is 23.7. The van der Waals surface area contributed by atoms with E-state index >= 15 is 0 Å². The van der Waals surface area contributed by atoms with Gasteiger partial charge in [-0.2, -0.15) is 5.26 Å². The van der Waals surface area contributed by atoms with E-state index in [1.165, 1.54) is 6.07 Å². The van der Waals surface area contributed by atoms with Crippen LogP contribution in [0.15, 0.2) is 54.6 Å². The number of benzene rings is 2. The number of ether oxygens (including phenoxy) is 2. The summed E-state index contributed by atoms with van der Waals surface area (Å²) in [6.07, 6.45) is 2.89. The van der Waals surface area contributed by atoms with E-state index in [2.05, 4.69) is 9.47 Å². The van der Waals surface area contributed by atoms with E-state index < -0.39 is 11.8 Å². The summed E-state index contributed by atoms with van der Waals surface area (Å²) in [7, 11) is 0. The lowest BCUT2D eigenvalue weighted by Crippen LogP contribution is -2.35. The number of likely N-dealkylation sites (tertiary alicyclic amines) is 1. The number of pyridine rings is 1. The summed E-state index contributed by atoms with van der Waals surface area (Å²) >= 11 is 6.90. The number of carboxylic acids is 1. The first-order valence-corrected chi connectivity index (χ1v) is 14.4. The minimum atomic E-state index is -0.964. The van der Waals surface area contributed by atoms with E-state index in [9.17, 15) is 14.3 Å². The Balaban J connectivity index is 1.13. The summed E-state index contributed by atoms with van der Waals surface area (Å²) in [4.78, 5) is 18.7. The highest BCUT2D eigenvalue weighted by Gasteiger charge is 2.27. The Morgan fingerprint density at radius 1 is 1.17 bits per heavy atom. The van der Waals surface area contributed by atoms with Crippen molar-refractivity contribution in [2.75, 3.05) is 19.7 Å². The second kappa shape index (κ2) is 12.1. The Morgan fingerprint density at radius 3 is 2.67 bits per heavy atom. The van der Waals surface area contributed by atoms with Gasteiger partial charge in [-0.1, -0.05) is 29.8 Å². The molecular weight excluding hydrogens is 559 g/mol. The fraction of sp³-hybridized carbons (Fsp3) is 0.344. The number of carbonyl (C=O) groups is 1. The van der Waals surface area contributed by atoms with E-state index in [1.807, 2.05) is 18.2 Å². The Bertz CT molecular complexity index is 1670. The molecule has 216 valence electrons. The average molecular weight is 589 g/mol. The number of hydrogen-bond acceptors (Lipinski definition) is 6. The van der Waals surface area contributed by atoms with Gasteiger partial charge in [0, 0.05) is 48.3 Å². The Kier molecular flexibility index (Phi) is 8.11. The molecule has 1 atom stereocenters. The number of nitrogens with zero attached hydrogens (tertiary/aromatic N) is 4. The van der Waals surface area contributed by atoms with Crippen LogP contribution in [0.5, 0.6) is 5.88 Å². The molecule has 0 amide bonds. The molecule has 2 aromatic carbocycles. The van der Waals surface area contributed by atoms with Crippen LogP contribution in [-0.2, 0) is 24.4 Å². The molecule has 8 nitrogen and oxygen atoms in total. The highest BCUT2D eigenvalue weighted by molar-refractivity contribution is 6.36. The number of aromatic carboxylic acids is 1. The molecule has 0 saturated carbocycles. The molecule has 2 aliphatic heterocycles. The molecule has 1 N–H and O–H groups in total. The van der Waals surface area contributed by atoms with Crippen molar-refractivity contribution < 1.29 is 23.8 Å². The van der Waals surface area contributed by atoms with Crippen LogP contribution in [0.25, 0.3) is 10.9 Å². The monoisotopic (exact) mass is 588 g/mol. The smallest absolute Gasteiger partial charge is 0.335 e. The van der Waals surface area contributed by atoms with Gasteiger partial charge >= 0.3 is 5.97 Å². The molecule has 4 heterocycles. The second-order valence-electron chi connectivity index (χ2n) is 10.8. The van der Waals surface area contributed by atoms with Gasteiger partial charge in [0.1, 0.15) is 12.4 Å². The number of hydrogen-bond donors (Lipinski definition) is 1. The van der Waals surface area contributed by atoms with Crippen LogP contribution in [0.1, 0.15) is 58.1 Å². The lowest BCUT2D eigenvalue weighted by Gasteiger charge is -2.33. The van der Waals surface area contributed by atoms with E-state index in [4.69, 9.17) is 31.3 Å². The molecule has 6 rings (SSSR count). The van der Waals surface area contributed by atoms with Crippen molar-refractivity contribution in [3.8, 4) is 11.9 Å². The maximum atomic E-state index is 14.3. The van der Waals surface area contributed by atoms with Crippen molar-refractivity contribution in [3.63, 3.8) is 0 Å². The third kappa shape index (κ3) is 5.84. The van der Waals surface area contributed by atoms with Gasteiger partial charge in [0.05, 0.1) is 39.5 Å². The average Bonchev–Trinajstić information content (AvgIpc) is 3.24. The Morgan fingerprint density at radius 2 is 1.98 bits per heavy atom. The van der Waals surface area contributed by atoms with Crippen LogP contribution in [0.2, 0.25) is 5.02 Å². The maximum Gasteiger partial charge on any atom is 0.335 e. The summed E-state index contributed by atoms with van der Waals surface area (Å²) in [6, 6.07) is 17.0. The zero-order chi connectivity index (χ0) is 29.2. The topological polar surface area (TPSA) is 101 Å². The number of rotatable bonds is 9. The van der Waals surface area contributed by atoms with Crippen LogP contribution in [0.3, 0.4) is 0 Å². The molecule has 0 spiro atoms. The fourth-order valence-electron chi connectivity index (χ4n) is 5.71.